The number of hydrogen-bond acceptors (Lipinski definition) is 4. The van der Waals surface area contributed by atoms with Crippen LogP contribution in [0.15, 0.2) is 18.2 Å². The molecule has 0 saturated heterocycles. The van der Waals surface area contributed by atoms with Gasteiger partial charge in [-0.3, -0.25) is 9.59 Å². The first-order chi connectivity index (χ1) is 9.96. The molecule has 1 rings (SSSR count). The average Bonchev–Trinajstić information content (AvgIpc) is 2.49. The van der Waals surface area contributed by atoms with E-state index < -0.39 is 5.97 Å². The number of carboxylic acid groups (broad SMARTS) is 1. The molecular formula is C15H21NO5. The number of nitrogens with zero attached hydrogens (tertiary/aromatic N) is 1. The quantitative estimate of drug-likeness (QED) is 0.788. The van der Waals surface area contributed by atoms with Crippen molar-refractivity contribution in [3.63, 3.8) is 0 Å². The fraction of sp³-hybridized carbons (Fsp3) is 0.467. The van der Waals surface area contributed by atoms with Crippen molar-refractivity contribution in [2.75, 3.05) is 27.8 Å². The molecule has 0 heterocycles. The molecule has 0 atom stereocenters. The van der Waals surface area contributed by atoms with E-state index in [1.807, 2.05) is 12.1 Å². The number of methoxy groups -OCH3 is 2. The fourth-order valence-corrected chi connectivity index (χ4v) is 1.84. The Morgan fingerprint density at radius 2 is 1.67 bits per heavy atom. The zero-order valence-corrected chi connectivity index (χ0v) is 12.6. The Morgan fingerprint density at radius 3 is 2.14 bits per heavy atom. The molecule has 0 aliphatic heterocycles. The fourth-order valence-electron chi connectivity index (χ4n) is 1.84. The maximum Gasteiger partial charge on any atom is 0.305 e. The Balaban J connectivity index is 2.57. The van der Waals surface area contributed by atoms with Crippen molar-refractivity contribution in [3.8, 4) is 11.5 Å². The number of carboxylic acids is 1. The van der Waals surface area contributed by atoms with Crippen LogP contribution in [-0.4, -0.2) is 49.7 Å². The highest BCUT2D eigenvalue weighted by atomic mass is 16.5. The van der Waals surface area contributed by atoms with Crippen LogP contribution in [0.4, 0.5) is 0 Å². The first-order valence-electron chi connectivity index (χ1n) is 6.64. The number of hydrogen-bond donors (Lipinski definition) is 1. The van der Waals surface area contributed by atoms with Gasteiger partial charge < -0.3 is 19.5 Å². The highest BCUT2D eigenvalue weighted by molar-refractivity contribution is 5.77. The number of aliphatic carboxylic acids is 1. The lowest BCUT2D eigenvalue weighted by atomic mass is 10.1. The van der Waals surface area contributed by atoms with E-state index >= 15 is 0 Å². The van der Waals surface area contributed by atoms with Crippen LogP contribution in [0.25, 0.3) is 0 Å². The van der Waals surface area contributed by atoms with Crippen LogP contribution in [0.1, 0.15) is 18.4 Å². The van der Waals surface area contributed by atoms with E-state index in [2.05, 4.69) is 0 Å². The molecule has 1 aromatic carbocycles. The molecule has 6 heteroatoms. The second-order valence-electron chi connectivity index (χ2n) is 4.68. The number of carbonyl (C=O) groups is 2. The molecule has 0 unspecified atom stereocenters. The van der Waals surface area contributed by atoms with Gasteiger partial charge in [0, 0.05) is 26.1 Å². The summed E-state index contributed by atoms with van der Waals surface area (Å²) in [7, 11) is 4.75. The number of benzene rings is 1. The van der Waals surface area contributed by atoms with Gasteiger partial charge in [0.25, 0.3) is 0 Å². The summed E-state index contributed by atoms with van der Waals surface area (Å²) < 4.78 is 10.4. The number of amides is 1. The third kappa shape index (κ3) is 5.72. The monoisotopic (exact) mass is 295 g/mol. The summed E-state index contributed by atoms with van der Waals surface area (Å²) in [6, 6.07) is 5.48. The van der Waals surface area contributed by atoms with Crippen LogP contribution in [-0.2, 0) is 16.0 Å². The first kappa shape index (κ1) is 16.8. The van der Waals surface area contributed by atoms with Crippen molar-refractivity contribution >= 4 is 11.9 Å². The Kier molecular flexibility index (Phi) is 6.52. The van der Waals surface area contributed by atoms with Crippen LogP contribution in [0, 0.1) is 0 Å². The van der Waals surface area contributed by atoms with E-state index in [1.54, 1.807) is 27.3 Å². The third-order valence-corrected chi connectivity index (χ3v) is 3.13. The van der Waals surface area contributed by atoms with E-state index in [9.17, 15) is 9.59 Å². The summed E-state index contributed by atoms with van der Waals surface area (Å²) in [5.41, 5.74) is 0.936. The number of carbonyl (C=O) groups excluding carboxylic acids is 1. The van der Waals surface area contributed by atoms with Crippen molar-refractivity contribution < 1.29 is 24.2 Å². The van der Waals surface area contributed by atoms with E-state index in [-0.39, 0.29) is 18.9 Å². The molecule has 1 amide bonds. The van der Waals surface area contributed by atoms with E-state index in [0.717, 1.165) is 5.56 Å². The summed E-state index contributed by atoms with van der Waals surface area (Å²) in [6.07, 6.45) is 0.811. The van der Waals surface area contributed by atoms with Gasteiger partial charge in [-0.15, -0.1) is 0 Å². The molecular weight excluding hydrogens is 274 g/mol. The minimum absolute atomic E-state index is 0.0464. The predicted octanol–water partition coefficient (Wildman–Crippen LogP) is 1.57. The van der Waals surface area contributed by atoms with Crippen LogP contribution in [0.5, 0.6) is 11.5 Å². The maximum absolute atomic E-state index is 11.9. The summed E-state index contributed by atoms with van der Waals surface area (Å²) in [4.78, 5) is 23.8. The molecule has 0 spiro atoms. The van der Waals surface area contributed by atoms with Crippen LogP contribution in [0.2, 0.25) is 0 Å². The van der Waals surface area contributed by atoms with Gasteiger partial charge in [0.15, 0.2) is 0 Å². The van der Waals surface area contributed by atoms with Gasteiger partial charge in [0.05, 0.1) is 20.6 Å². The Morgan fingerprint density at radius 1 is 1.10 bits per heavy atom. The third-order valence-electron chi connectivity index (χ3n) is 3.13. The van der Waals surface area contributed by atoms with Gasteiger partial charge in [0.1, 0.15) is 11.5 Å². The van der Waals surface area contributed by atoms with Crippen molar-refractivity contribution in [3.05, 3.63) is 23.8 Å². The SMILES string of the molecule is COc1cc(CCC(=O)N(C)CCC(=O)O)cc(OC)c1. The van der Waals surface area contributed by atoms with Gasteiger partial charge in [-0.25, -0.2) is 0 Å². The summed E-state index contributed by atoms with van der Waals surface area (Å²) in [6.45, 7) is 0.218. The number of rotatable bonds is 8. The summed E-state index contributed by atoms with van der Waals surface area (Å²) >= 11 is 0. The van der Waals surface area contributed by atoms with Crippen molar-refractivity contribution in [2.24, 2.45) is 0 Å². The molecule has 0 fully saturated rings. The van der Waals surface area contributed by atoms with Crippen molar-refractivity contribution in [1.29, 1.82) is 0 Å². The van der Waals surface area contributed by atoms with Gasteiger partial charge >= 0.3 is 5.97 Å². The van der Waals surface area contributed by atoms with E-state index in [4.69, 9.17) is 14.6 Å². The van der Waals surface area contributed by atoms with Crippen LogP contribution < -0.4 is 9.47 Å². The lowest BCUT2D eigenvalue weighted by molar-refractivity contribution is -0.138. The van der Waals surface area contributed by atoms with Crippen LogP contribution >= 0.6 is 0 Å². The predicted molar refractivity (Wildman–Crippen MR) is 77.8 cm³/mol. The molecule has 1 aromatic rings. The molecule has 0 aliphatic carbocycles. The molecule has 116 valence electrons. The summed E-state index contributed by atoms with van der Waals surface area (Å²) in [5, 5.41) is 8.60. The van der Waals surface area contributed by atoms with Crippen molar-refractivity contribution in [1.82, 2.24) is 4.90 Å². The zero-order chi connectivity index (χ0) is 15.8. The Labute approximate surface area is 124 Å². The zero-order valence-electron chi connectivity index (χ0n) is 12.6. The topological polar surface area (TPSA) is 76.1 Å². The second kappa shape index (κ2) is 8.14. The smallest absolute Gasteiger partial charge is 0.305 e. The van der Waals surface area contributed by atoms with E-state index in [0.29, 0.717) is 24.3 Å². The summed E-state index contributed by atoms with van der Waals surface area (Å²) in [5.74, 6) is 0.359. The number of aryl methyl sites for hydroxylation is 1. The lowest BCUT2D eigenvalue weighted by Crippen LogP contribution is -2.29. The standard InChI is InChI=1S/C15H21NO5/c1-16(7-6-15(18)19)14(17)5-4-11-8-12(20-2)10-13(9-11)21-3/h8-10H,4-7H2,1-3H3,(H,18,19). The van der Waals surface area contributed by atoms with Crippen LogP contribution in [0.3, 0.4) is 0 Å². The van der Waals surface area contributed by atoms with Gasteiger partial charge in [0.2, 0.25) is 5.91 Å². The molecule has 21 heavy (non-hydrogen) atoms. The van der Waals surface area contributed by atoms with Crippen molar-refractivity contribution in [2.45, 2.75) is 19.3 Å². The molecule has 6 nitrogen and oxygen atoms in total. The average molecular weight is 295 g/mol. The molecule has 0 bridgehead atoms. The minimum Gasteiger partial charge on any atom is -0.497 e. The molecule has 0 radical (unpaired) electrons. The second-order valence-corrected chi connectivity index (χ2v) is 4.68. The minimum atomic E-state index is -0.910. The largest absolute Gasteiger partial charge is 0.497 e. The highest BCUT2D eigenvalue weighted by Gasteiger charge is 2.11. The highest BCUT2D eigenvalue weighted by Crippen LogP contribution is 2.23. The maximum atomic E-state index is 11.9. The van der Waals surface area contributed by atoms with E-state index in [1.165, 1.54) is 4.90 Å². The molecule has 0 aliphatic rings. The number of ether oxygens (including phenoxy) is 2. The van der Waals surface area contributed by atoms with Gasteiger partial charge in [-0.05, 0) is 24.1 Å². The van der Waals surface area contributed by atoms with Gasteiger partial charge in [-0.2, -0.15) is 0 Å². The van der Waals surface area contributed by atoms with Gasteiger partial charge in [-0.1, -0.05) is 0 Å². The molecule has 0 saturated carbocycles. The molecule has 1 N–H and O–H groups in total. The Hall–Kier alpha value is -2.24. The Bertz CT molecular complexity index is 479. The first-order valence-corrected chi connectivity index (χ1v) is 6.64. The normalized spacial score (nSPS) is 10.0. The lowest BCUT2D eigenvalue weighted by Gasteiger charge is -2.16. The molecule has 0 aromatic heterocycles.